The highest BCUT2D eigenvalue weighted by Crippen LogP contribution is 2.32. The van der Waals surface area contributed by atoms with Gasteiger partial charge in [0.15, 0.2) is 12.0 Å². The molecule has 0 atom stereocenters. The van der Waals surface area contributed by atoms with Gasteiger partial charge in [0.1, 0.15) is 5.76 Å². The predicted molar refractivity (Wildman–Crippen MR) is 89.0 cm³/mol. The number of benzene rings is 1. The Morgan fingerprint density at radius 1 is 1.17 bits per heavy atom. The quantitative estimate of drug-likeness (QED) is 0.811. The second kappa shape index (κ2) is 6.46. The van der Waals surface area contributed by atoms with E-state index in [1.165, 1.54) is 0 Å². The van der Waals surface area contributed by atoms with Gasteiger partial charge in [-0.2, -0.15) is 0 Å². The number of piperazine rings is 1. The van der Waals surface area contributed by atoms with Crippen LogP contribution in [-0.4, -0.2) is 43.3 Å². The Hall–Kier alpha value is -2.27. The van der Waals surface area contributed by atoms with Crippen LogP contribution in [0.15, 0.2) is 34.7 Å². The van der Waals surface area contributed by atoms with Gasteiger partial charge in [-0.05, 0) is 30.3 Å². The molecule has 0 radical (unpaired) electrons. The van der Waals surface area contributed by atoms with E-state index in [4.69, 9.17) is 16.0 Å². The lowest BCUT2D eigenvalue weighted by molar-refractivity contribution is -0.129. The second-order valence-corrected chi connectivity index (χ2v) is 5.89. The van der Waals surface area contributed by atoms with Gasteiger partial charge in [-0.15, -0.1) is 0 Å². The highest BCUT2D eigenvalue weighted by molar-refractivity contribution is 6.33. The maximum absolute atomic E-state index is 11.4. The summed E-state index contributed by atoms with van der Waals surface area (Å²) in [6.07, 6.45) is 0.675. The average Bonchev–Trinajstić information content (AvgIpc) is 3.04. The first kappa shape index (κ1) is 15.6. The second-order valence-electron chi connectivity index (χ2n) is 5.48. The Kier molecular flexibility index (Phi) is 4.39. The van der Waals surface area contributed by atoms with E-state index in [9.17, 15) is 9.59 Å². The molecule has 1 aliphatic heterocycles. The number of anilines is 1. The van der Waals surface area contributed by atoms with Crippen molar-refractivity contribution in [3.8, 4) is 11.3 Å². The van der Waals surface area contributed by atoms with Crippen LogP contribution in [0.25, 0.3) is 11.3 Å². The van der Waals surface area contributed by atoms with Crippen LogP contribution in [0.2, 0.25) is 5.02 Å². The molecule has 23 heavy (non-hydrogen) atoms. The third-order valence-corrected chi connectivity index (χ3v) is 4.34. The van der Waals surface area contributed by atoms with Crippen LogP contribution >= 0.6 is 11.6 Å². The minimum absolute atomic E-state index is 0.106. The van der Waals surface area contributed by atoms with Crippen molar-refractivity contribution in [1.82, 2.24) is 4.90 Å². The molecule has 1 amide bonds. The molecule has 1 fully saturated rings. The van der Waals surface area contributed by atoms with Crippen molar-refractivity contribution in [3.63, 3.8) is 0 Å². The Morgan fingerprint density at radius 3 is 2.48 bits per heavy atom. The van der Waals surface area contributed by atoms with Crippen LogP contribution < -0.4 is 4.90 Å². The number of aldehydes is 1. The number of hydrogen-bond acceptors (Lipinski definition) is 4. The van der Waals surface area contributed by atoms with Gasteiger partial charge in [0.25, 0.3) is 0 Å². The summed E-state index contributed by atoms with van der Waals surface area (Å²) in [5.41, 5.74) is 1.77. The van der Waals surface area contributed by atoms with Crippen LogP contribution in [0, 0.1) is 0 Å². The molecule has 1 aromatic heterocycles. The summed E-state index contributed by atoms with van der Waals surface area (Å²) in [7, 11) is 0. The van der Waals surface area contributed by atoms with E-state index in [0.717, 1.165) is 24.3 Å². The van der Waals surface area contributed by atoms with E-state index < -0.39 is 0 Å². The summed E-state index contributed by atoms with van der Waals surface area (Å²) >= 11 is 6.42. The van der Waals surface area contributed by atoms with Crippen LogP contribution in [0.4, 0.5) is 5.69 Å². The largest absolute Gasteiger partial charge is 0.453 e. The normalized spacial score (nSPS) is 14.9. The number of nitrogens with zero attached hydrogens (tertiary/aromatic N) is 2. The lowest BCUT2D eigenvalue weighted by atomic mass is 10.1. The molecule has 0 bridgehead atoms. The lowest BCUT2D eigenvalue weighted by Crippen LogP contribution is -2.48. The number of rotatable bonds is 3. The van der Waals surface area contributed by atoms with E-state index in [1.807, 2.05) is 23.1 Å². The number of carbonyl (C=O) groups excluding carboxylic acids is 2. The van der Waals surface area contributed by atoms with Crippen molar-refractivity contribution in [2.75, 3.05) is 31.1 Å². The average molecular weight is 333 g/mol. The third kappa shape index (κ3) is 3.24. The number of carbonyl (C=O) groups is 2. The molecule has 0 aliphatic carbocycles. The minimum Gasteiger partial charge on any atom is -0.453 e. The van der Waals surface area contributed by atoms with Crippen LogP contribution in [0.3, 0.4) is 0 Å². The Balaban J connectivity index is 1.77. The number of amides is 1. The third-order valence-electron chi connectivity index (χ3n) is 4.04. The van der Waals surface area contributed by atoms with Crippen molar-refractivity contribution >= 4 is 29.5 Å². The zero-order valence-corrected chi connectivity index (χ0v) is 13.5. The molecule has 1 saturated heterocycles. The molecule has 2 aromatic rings. The van der Waals surface area contributed by atoms with Gasteiger partial charge in [-0.25, -0.2) is 0 Å². The van der Waals surface area contributed by atoms with E-state index >= 15 is 0 Å². The number of furan rings is 1. The van der Waals surface area contributed by atoms with Gasteiger partial charge in [0.2, 0.25) is 5.91 Å². The highest BCUT2D eigenvalue weighted by atomic mass is 35.5. The molecular weight excluding hydrogens is 316 g/mol. The fraction of sp³-hybridized carbons (Fsp3) is 0.294. The number of hydrogen-bond donors (Lipinski definition) is 0. The molecule has 0 saturated carbocycles. The van der Waals surface area contributed by atoms with Crippen molar-refractivity contribution in [3.05, 3.63) is 41.1 Å². The summed E-state index contributed by atoms with van der Waals surface area (Å²) < 4.78 is 5.42. The van der Waals surface area contributed by atoms with E-state index in [2.05, 4.69) is 4.90 Å². The van der Waals surface area contributed by atoms with Crippen molar-refractivity contribution in [2.24, 2.45) is 0 Å². The summed E-state index contributed by atoms with van der Waals surface area (Å²) in [6, 6.07) is 9.09. The monoisotopic (exact) mass is 332 g/mol. The van der Waals surface area contributed by atoms with Gasteiger partial charge < -0.3 is 14.2 Å². The van der Waals surface area contributed by atoms with Crippen molar-refractivity contribution in [1.29, 1.82) is 0 Å². The summed E-state index contributed by atoms with van der Waals surface area (Å²) in [4.78, 5) is 26.1. The highest BCUT2D eigenvalue weighted by Gasteiger charge is 2.20. The first-order valence-corrected chi connectivity index (χ1v) is 7.81. The van der Waals surface area contributed by atoms with Gasteiger partial charge in [-0.1, -0.05) is 11.6 Å². The molecular formula is C17H17ClN2O3. The molecule has 6 heteroatoms. The molecule has 5 nitrogen and oxygen atoms in total. The van der Waals surface area contributed by atoms with E-state index in [0.29, 0.717) is 35.9 Å². The van der Waals surface area contributed by atoms with Crippen molar-refractivity contribution in [2.45, 2.75) is 6.92 Å². The van der Waals surface area contributed by atoms with Crippen LogP contribution in [0.5, 0.6) is 0 Å². The molecule has 3 rings (SSSR count). The molecule has 0 spiro atoms. The first-order chi connectivity index (χ1) is 11.1. The van der Waals surface area contributed by atoms with Gasteiger partial charge in [-0.3, -0.25) is 9.59 Å². The summed E-state index contributed by atoms with van der Waals surface area (Å²) in [5, 5.41) is 0.628. The Morgan fingerprint density at radius 2 is 1.91 bits per heavy atom. The molecule has 1 aromatic carbocycles. The Bertz CT molecular complexity index is 733. The van der Waals surface area contributed by atoms with Gasteiger partial charge in [0.05, 0.1) is 10.7 Å². The molecule has 0 unspecified atom stereocenters. The predicted octanol–water partition coefficient (Wildman–Crippen LogP) is 3.08. The molecule has 0 N–H and O–H groups in total. The van der Waals surface area contributed by atoms with Crippen LogP contribution in [0.1, 0.15) is 17.5 Å². The SMILES string of the molecule is CC(=O)N1CCN(c2ccc(-c3ccc(C=O)o3)cc2Cl)CC1. The van der Waals surface area contributed by atoms with Gasteiger partial charge >= 0.3 is 0 Å². The maximum atomic E-state index is 11.4. The van der Waals surface area contributed by atoms with Crippen LogP contribution in [-0.2, 0) is 4.79 Å². The van der Waals surface area contributed by atoms with Gasteiger partial charge in [0, 0.05) is 38.7 Å². The fourth-order valence-corrected chi connectivity index (χ4v) is 3.05. The molecule has 2 heterocycles. The summed E-state index contributed by atoms with van der Waals surface area (Å²) in [5.74, 6) is 1.01. The first-order valence-electron chi connectivity index (χ1n) is 7.44. The molecule has 1 aliphatic rings. The lowest BCUT2D eigenvalue weighted by Gasteiger charge is -2.36. The standard InChI is InChI=1S/C17H17ClN2O3/c1-12(22)19-6-8-20(9-7-19)16-4-2-13(10-15(16)18)17-5-3-14(11-21)23-17/h2-5,10-11H,6-9H2,1H3. The number of halogens is 1. The van der Waals surface area contributed by atoms with E-state index in [1.54, 1.807) is 19.1 Å². The Labute approximate surface area is 139 Å². The fourth-order valence-electron chi connectivity index (χ4n) is 2.75. The van der Waals surface area contributed by atoms with Crippen molar-refractivity contribution < 1.29 is 14.0 Å². The summed E-state index contributed by atoms with van der Waals surface area (Å²) in [6.45, 7) is 4.51. The van der Waals surface area contributed by atoms with E-state index in [-0.39, 0.29) is 5.91 Å². The smallest absolute Gasteiger partial charge is 0.219 e. The topological polar surface area (TPSA) is 53.8 Å². The maximum Gasteiger partial charge on any atom is 0.219 e. The zero-order chi connectivity index (χ0) is 16.4. The molecule has 120 valence electrons. The zero-order valence-electron chi connectivity index (χ0n) is 12.8. The minimum atomic E-state index is 0.106.